The third-order valence-corrected chi connectivity index (χ3v) is 6.15. The van der Waals surface area contributed by atoms with Crippen molar-refractivity contribution in [2.75, 3.05) is 19.6 Å². The summed E-state index contributed by atoms with van der Waals surface area (Å²) in [6.07, 6.45) is 1.74. The number of rotatable bonds is 4. The molecule has 0 radical (unpaired) electrons. The Morgan fingerprint density at radius 1 is 1.13 bits per heavy atom. The van der Waals surface area contributed by atoms with E-state index in [2.05, 4.69) is 23.1 Å². The Labute approximate surface area is 206 Å². The summed E-state index contributed by atoms with van der Waals surface area (Å²) >= 11 is 0. The molecule has 0 amide bonds. The molecule has 5 nitrogen and oxygen atoms in total. The fraction of sp³-hybridized carbons (Fsp3) is 0.400. The SMILES string of the molecule is CC(C)(CN1CCC(=C2c3ccccc3COc3ccc(CO)cc32)CC1)C(=O)[O-].[Na+]. The van der Waals surface area contributed by atoms with Crippen molar-refractivity contribution < 1.29 is 49.3 Å². The van der Waals surface area contributed by atoms with Gasteiger partial charge in [0, 0.05) is 36.6 Å². The Morgan fingerprint density at radius 2 is 1.84 bits per heavy atom. The van der Waals surface area contributed by atoms with Crippen LogP contribution in [0.25, 0.3) is 5.57 Å². The number of carbonyl (C=O) groups is 1. The van der Waals surface area contributed by atoms with Gasteiger partial charge in [0.1, 0.15) is 12.4 Å². The number of carboxylic acid groups (broad SMARTS) is 1. The standard InChI is InChI=1S/C25H29NO4.Na/c1-25(2,24(28)29)16-26-11-9-18(10-12-26)23-20-6-4-3-5-19(20)15-30-22-8-7-17(14-27)13-21(22)23;/h3-8,13,27H,9-12,14-16H2,1-2H3,(H,28,29);/q;+1/p-1. The third-order valence-electron chi connectivity index (χ3n) is 6.15. The van der Waals surface area contributed by atoms with E-state index in [1.54, 1.807) is 13.8 Å². The minimum atomic E-state index is -1.01. The Hall–Kier alpha value is -1.63. The Kier molecular flexibility index (Phi) is 7.66. The van der Waals surface area contributed by atoms with E-state index < -0.39 is 11.4 Å². The van der Waals surface area contributed by atoms with Gasteiger partial charge >= 0.3 is 29.6 Å². The summed E-state index contributed by atoms with van der Waals surface area (Å²) in [6, 6.07) is 14.2. The third kappa shape index (κ3) is 5.07. The Morgan fingerprint density at radius 3 is 2.52 bits per heavy atom. The van der Waals surface area contributed by atoms with Crippen molar-refractivity contribution in [3.8, 4) is 5.75 Å². The van der Waals surface area contributed by atoms with Crippen LogP contribution in [0.15, 0.2) is 48.0 Å². The first-order chi connectivity index (χ1) is 14.4. The fourth-order valence-corrected chi connectivity index (χ4v) is 4.42. The molecule has 0 bridgehead atoms. The van der Waals surface area contributed by atoms with Crippen molar-refractivity contribution in [2.24, 2.45) is 5.41 Å². The molecule has 4 rings (SSSR count). The molecule has 0 saturated carbocycles. The molecule has 1 saturated heterocycles. The second kappa shape index (κ2) is 9.88. The number of benzene rings is 2. The van der Waals surface area contributed by atoms with Crippen molar-refractivity contribution in [2.45, 2.75) is 39.9 Å². The van der Waals surface area contributed by atoms with E-state index in [0.717, 1.165) is 48.4 Å². The van der Waals surface area contributed by atoms with E-state index in [4.69, 9.17) is 4.74 Å². The average molecular weight is 429 g/mol. The monoisotopic (exact) mass is 429 g/mol. The minimum Gasteiger partial charge on any atom is -0.550 e. The van der Waals surface area contributed by atoms with Crippen molar-refractivity contribution in [3.05, 3.63) is 70.3 Å². The molecular weight excluding hydrogens is 401 g/mol. The molecule has 0 aliphatic carbocycles. The van der Waals surface area contributed by atoms with Crippen molar-refractivity contribution in [1.82, 2.24) is 4.90 Å². The van der Waals surface area contributed by atoms with Gasteiger partial charge in [-0.25, -0.2) is 0 Å². The number of piperidine rings is 1. The second-order valence-electron chi connectivity index (χ2n) is 8.86. The number of fused-ring (bicyclic) bond motifs is 2. The van der Waals surface area contributed by atoms with Gasteiger partial charge in [0.05, 0.1) is 6.61 Å². The zero-order chi connectivity index (χ0) is 21.3. The molecule has 0 unspecified atom stereocenters. The normalized spacial score (nSPS) is 16.5. The zero-order valence-electron chi connectivity index (χ0n) is 18.6. The van der Waals surface area contributed by atoms with Crippen LogP contribution in [0, 0.1) is 5.41 Å². The maximum absolute atomic E-state index is 11.4. The molecule has 2 aromatic carbocycles. The molecule has 6 heteroatoms. The van der Waals surface area contributed by atoms with E-state index >= 15 is 0 Å². The van der Waals surface area contributed by atoms with Crippen LogP contribution in [0.5, 0.6) is 5.75 Å². The van der Waals surface area contributed by atoms with Gasteiger partial charge in [-0.05, 0) is 47.2 Å². The predicted molar refractivity (Wildman–Crippen MR) is 114 cm³/mol. The fourth-order valence-electron chi connectivity index (χ4n) is 4.42. The predicted octanol–water partition coefficient (Wildman–Crippen LogP) is -0.251. The van der Waals surface area contributed by atoms with Crippen LogP contribution in [0.1, 0.15) is 48.9 Å². The van der Waals surface area contributed by atoms with E-state index in [0.29, 0.717) is 13.2 Å². The van der Waals surface area contributed by atoms with Crippen LogP contribution < -0.4 is 39.4 Å². The molecule has 2 aromatic rings. The van der Waals surface area contributed by atoms with Crippen LogP contribution in [0.3, 0.4) is 0 Å². The van der Waals surface area contributed by atoms with E-state index in [-0.39, 0.29) is 36.2 Å². The molecule has 0 spiro atoms. The number of aliphatic hydroxyl groups is 1. The van der Waals surface area contributed by atoms with E-state index in [9.17, 15) is 15.0 Å². The van der Waals surface area contributed by atoms with Crippen LogP contribution in [0.4, 0.5) is 0 Å². The first-order valence-electron chi connectivity index (χ1n) is 10.5. The molecule has 1 N–H and O–H groups in total. The number of likely N-dealkylation sites (tertiary alicyclic amines) is 1. The van der Waals surface area contributed by atoms with Crippen molar-refractivity contribution in [3.63, 3.8) is 0 Å². The minimum absolute atomic E-state index is 0. The summed E-state index contributed by atoms with van der Waals surface area (Å²) in [5.41, 5.74) is 5.93. The molecule has 1 fully saturated rings. The average Bonchev–Trinajstić information content (AvgIpc) is 2.90. The van der Waals surface area contributed by atoms with Gasteiger partial charge in [-0.3, -0.25) is 0 Å². The number of carboxylic acids is 1. The topological polar surface area (TPSA) is 72.8 Å². The molecule has 2 heterocycles. The zero-order valence-corrected chi connectivity index (χ0v) is 20.6. The van der Waals surface area contributed by atoms with E-state index in [1.165, 1.54) is 16.7 Å². The number of carbonyl (C=O) groups excluding carboxylic acids is 1. The van der Waals surface area contributed by atoms with Crippen molar-refractivity contribution in [1.29, 1.82) is 0 Å². The van der Waals surface area contributed by atoms with Gasteiger partial charge in [0.25, 0.3) is 0 Å². The molecule has 2 aliphatic rings. The van der Waals surface area contributed by atoms with Crippen LogP contribution in [-0.4, -0.2) is 35.6 Å². The second-order valence-corrected chi connectivity index (χ2v) is 8.86. The molecule has 2 aliphatic heterocycles. The van der Waals surface area contributed by atoms with Gasteiger partial charge in [0.15, 0.2) is 0 Å². The summed E-state index contributed by atoms with van der Waals surface area (Å²) in [5.74, 6) is -0.168. The number of aliphatic hydroxyl groups excluding tert-OH is 1. The van der Waals surface area contributed by atoms with Crippen LogP contribution in [-0.2, 0) is 18.0 Å². The number of hydrogen-bond acceptors (Lipinski definition) is 5. The summed E-state index contributed by atoms with van der Waals surface area (Å²) in [6.45, 7) is 6.07. The molecule has 31 heavy (non-hydrogen) atoms. The van der Waals surface area contributed by atoms with Gasteiger partial charge in [-0.2, -0.15) is 0 Å². The molecule has 0 aromatic heterocycles. The maximum Gasteiger partial charge on any atom is 1.00 e. The van der Waals surface area contributed by atoms with Gasteiger partial charge < -0.3 is 24.6 Å². The Bertz CT molecular complexity index is 989. The van der Waals surface area contributed by atoms with Gasteiger partial charge in [-0.1, -0.05) is 49.8 Å². The number of ether oxygens (including phenoxy) is 1. The number of aliphatic carboxylic acids is 1. The number of hydrogen-bond donors (Lipinski definition) is 1. The molecule has 0 atom stereocenters. The first-order valence-corrected chi connectivity index (χ1v) is 10.5. The largest absolute Gasteiger partial charge is 1.00 e. The maximum atomic E-state index is 11.4. The quantitative estimate of drug-likeness (QED) is 0.679. The Balaban J connectivity index is 0.00000272. The van der Waals surface area contributed by atoms with Crippen LogP contribution >= 0.6 is 0 Å². The van der Waals surface area contributed by atoms with Gasteiger partial charge in [0.2, 0.25) is 0 Å². The van der Waals surface area contributed by atoms with Crippen LogP contribution in [0.2, 0.25) is 0 Å². The summed E-state index contributed by atoms with van der Waals surface area (Å²) in [4.78, 5) is 13.6. The molecule has 158 valence electrons. The summed E-state index contributed by atoms with van der Waals surface area (Å²) in [5, 5.41) is 21.1. The van der Waals surface area contributed by atoms with Gasteiger partial charge in [-0.15, -0.1) is 0 Å². The smallest absolute Gasteiger partial charge is 0.550 e. The number of nitrogens with zero attached hydrogens (tertiary/aromatic N) is 1. The summed E-state index contributed by atoms with van der Waals surface area (Å²) in [7, 11) is 0. The summed E-state index contributed by atoms with van der Waals surface area (Å²) < 4.78 is 6.11. The molecular formula is C25H28NNaO4. The van der Waals surface area contributed by atoms with E-state index in [1.807, 2.05) is 24.3 Å². The van der Waals surface area contributed by atoms with Crippen molar-refractivity contribution >= 4 is 11.5 Å². The first kappa shape index (κ1) is 24.0.